The van der Waals surface area contributed by atoms with Crippen molar-refractivity contribution in [1.29, 1.82) is 0 Å². The average molecular weight is 431 g/mol. The number of nitrogens with zero attached hydrogens (tertiary/aromatic N) is 1. The standard InChI is InChI=1S/C13H10N2S2.3ClH.Zn/c1-9-2-4-10(5-3-9)14-11-6-7-12-13(8-11)16-17-15-12;;;;/h2-8H,1H3;3*1H;/q;;;;+2/p-2. The first-order valence-corrected chi connectivity index (χ1v) is 19.9. The molecule has 1 aliphatic carbocycles. The molecule has 8 heteroatoms. The molecule has 0 radical (unpaired) electrons. The van der Waals surface area contributed by atoms with Gasteiger partial charge in [0, 0.05) is 34.8 Å². The first kappa shape index (κ1) is 17.3. The Morgan fingerprint density at radius 1 is 1.05 bits per heavy atom. The van der Waals surface area contributed by atoms with E-state index in [9.17, 15) is 0 Å². The van der Waals surface area contributed by atoms with Crippen molar-refractivity contribution >= 4 is 55.6 Å². The predicted molar refractivity (Wildman–Crippen MR) is 89.1 cm³/mol. The molecule has 108 valence electrons. The van der Waals surface area contributed by atoms with Gasteiger partial charge in [-0.05, 0) is 13.0 Å². The molecule has 0 atom stereocenters. The number of halogens is 3. The third-order valence-electron chi connectivity index (χ3n) is 2.56. The third kappa shape index (κ3) is 5.93. The monoisotopic (exact) mass is 428 g/mol. The second-order valence-corrected chi connectivity index (χ2v) is 20.0. The van der Waals surface area contributed by atoms with Crippen molar-refractivity contribution in [3.8, 4) is 10.6 Å². The van der Waals surface area contributed by atoms with E-state index in [2.05, 4.69) is 58.8 Å². The number of fused-ring (bicyclic) bond motifs is 1. The number of aromatic nitrogens is 1. The van der Waals surface area contributed by atoms with Gasteiger partial charge in [0.1, 0.15) is 0 Å². The molecule has 1 aromatic carbocycles. The Labute approximate surface area is 148 Å². The Morgan fingerprint density at radius 2 is 1.71 bits per heavy atom. The first-order valence-electron chi connectivity index (χ1n) is 6.14. The summed E-state index contributed by atoms with van der Waals surface area (Å²) in [6, 6.07) is 14.7. The Bertz CT molecular complexity index is 722. The van der Waals surface area contributed by atoms with E-state index in [1.807, 2.05) is 0 Å². The van der Waals surface area contributed by atoms with Crippen LogP contribution in [0.3, 0.4) is 0 Å². The van der Waals surface area contributed by atoms with Gasteiger partial charge in [0.05, 0.1) is 10.6 Å². The molecule has 1 aliphatic heterocycles. The quantitative estimate of drug-likeness (QED) is 0.458. The number of hydrogen-bond donors (Lipinski definition) is 1. The van der Waals surface area contributed by atoms with E-state index in [1.165, 1.54) is 21.0 Å². The van der Waals surface area contributed by atoms with Crippen molar-refractivity contribution < 1.29 is 18.0 Å². The normalized spacial score (nSPS) is 11.1. The van der Waals surface area contributed by atoms with Gasteiger partial charge in [0.2, 0.25) is 11.0 Å². The summed E-state index contributed by atoms with van der Waals surface area (Å²) in [5, 5.41) is 1.11. The van der Waals surface area contributed by atoms with Crippen LogP contribution in [0.4, 0.5) is 5.69 Å². The molecule has 0 amide bonds. The van der Waals surface area contributed by atoms with Crippen LogP contribution in [0.1, 0.15) is 5.56 Å². The zero-order valence-electron chi connectivity index (χ0n) is 11.1. The van der Waals surface area contributed by atoms with Gasteiger partial charge < -0.3 is 0 Å². The van der Waals surface area contributed by atoms with Gasteiger partial charge in [-0.15, -0.1) is 0 Å². The molecule has 21 heavy (non-hydrogen) atoms. The van der Waals surface area contributed by atoms with Crippen molar-refractivity contribution in [2.45, 2.75) is 6.92 Å². The van der Waals surface area contributed by atoms with Crippen LogP contribution in [0, 0.1) is 6.92 Å². The fourth-order valence-electron chi connectivity index (χ4n) is 1.64. The minimum atomic E-state index is -2.21. The summed E-state index contributed by atoms with van der Waals surface area (Å²) in [7, 11) is 18.3. The summed E-state index contributed by atoms with van der Waals surface area (Å²) in [5.74, 6) is 0. The van der Waals surface area contributed by atoms with Crippen LogP contribution in [-0.4, -0.2) is 4.37 Å². The first-order chi connectivity index (χ1) is 10.0. The molecule has 2 nitrogen and oxygen atoms in total. The molecule has 0 bridgehead atoms. The summed E-state index contributed by atoms with van der Waals surface area (Å²) in [6.45, 7) is 2.09. The van der Waals surface area contributed by atoms with Gasteiger partial charge >= 0.3 is 42.1 Å². The van der Waals surface area contributed by atoms with Gasteiger partial charge in [0.25, 0.3) is 0 Å². The van der Waals surface area contributed by atoms with Crippen molar-refractivity contribution in [1.82, 2.24) is 4.37 Å². The summed E-state index contributed by atoms with van der Waals surface area (Å²) < 4.78 is 4.31. The molecule has 1 N–H and O–H groups in total. The van der Waals surface area contributed by atoms with Gasteiger partial charge in [-0.1, -0.05) is 28.0 Å². The van der Waals surface area contributed by atoms with Crippen LogP contribution in [0.15, 0.2) is 42.5 Å². The molecular weight excluding hydrogens is 420 g/mol. The van der Waals surface area contributed by atoms with Crippen LogP contribution in [-0.2, 0) is 13.0 Å². The van der Waals surface area contributed by atoms with Gasteiger partial charge in [-0.2, -0.15) is 4.37 Å². The van der Waals surface area contributed by atoms with Gasteiger partial charge in [-0.25, -0.2) is 4.99 Å². The number of rotatable bonds is 1. The third-order valence-corrected chi connectivity index (χ3v) is 4.40. The number of hydrogen-bond acceptors (Lipinski definition) is 3. The molecule has 2 aliphatic rings. The van der Waals surface area contributed by atoms with Crippen LogP contribution in [0.25, 0.3) is 10.6 Å². The molecular formula is C13H11Cl3N2S2Zn. The second-order valence-electron chi connectivity index (χ2n) is 4.23. The summed E-state index contributed by atoms with van der Waals surface area (Å²) >= 11 is -2.21. The van der Waals surface area contributed by atoms with E-state index in [1.54, 1.807) is 10.3 Å². The maximum atomic E-state index is 5.01. The fourth-order valence-corrected chi connectivity index (χ4v) is 3.42. The molecule has 0 saturated heterocycles. The molecule has 3 rings (SSSR count). The van der Waals surface area contributed by atoms with E-state index >= 15 is 0 Å². The Balaban J connectivity index is 0.000000361. The number of benzene rings is 2. The van der Waals surface area contributed by atoms with Crippen LogP contribution < -0.4 is 10.3 Å². The summed E-state index contributed by atoms with van der Waals surface area (Å²) in [6.07, 6.45) is 0. The minimum absolute atomic E-state index is 1.08. The van der Waals surface area contributed by atoms with Crippen molar-refractivity contribution in [3.63, 3.8) is 0 Å². The molecule has 0 unspecified atom stereocenters. The molecule has 0 aromatic heterocycles. The second kappa shape index (κ2) is 8.57. The van der Waals surface area contributed by atoms with Crippen molar-refractivity contribution in [3.05, 3.63) is 53.4 Å². The molecule has 0 saturated carbocycles. The van der Waals surface area contributed by atoms with E-state index in [4.69, 9.17) is 29.1 Å². The average Bonchev–Trinajstić information content (AvgIpc) is 2.88. The zero-order chi connectivity index (χ0) is 15.2. The Hall–Kier alpha value is -0.0266. The molecule has 0 spiro atoms. The van der Waals surface area contributed by atoms with E-state index in [-0.39, 0.29) is 0 Å². The number of nitrogens with one attached hydrogen (secondary N) is 1. The summed E-state index contributed by atoms with van der Waals surface area (Å²) in [4.78, 5) is 4.63. The topological polar surface area (TPSA) is 26.9 Å². The van der Waals surface area contributed by atoms with E-state index in [0.29, 0.717) is 0 Å². The predicted octanol–water partition coefficient (Wildman–Crippen LogP) is 4.00. The van der Waals surface area contributed by atoms with Crippen molar-refractivity contribution in [2.75, 3.05) is 0 Å². The Kier molecular flexibility index (Phi) is 7.07. The fraction of sp³-hybridized carbons (Fsp3) is 0.0769. The molecule has 0 fully saturated rings. The SMILES string of the molecule is Cc1ccc([NH+]=c2ccc3nssc-3c2)cc1.[Cl][Zn-]([Cl])[Cl]. The van der Waals surface area contributed by atoms with Crippen molar-refractivity contribution in [2.24, 2.45) is 0 Å². The molecule has 1 aromatic rings. The number of aryl methyl sites for hydroxylation is 1. The zero-order valence-corrected chi connectivity index (χ0v) is 18.0. The van der Waals surface area contributed by atoms with Crippen LogP contribution in [0.5, 0.6) is 0 Å². The van der Waals surface area contributed by atoms with Crippen LogP contribution >= 0.6 is 49.9 Å². The summed E-state index contributed by atoms with van der Waals surface area (Å²) in [5.41, 5.74) is 3.47. The van der Waals surface area contributed by atoms with Crippen LogP contribution in [0.2, 0.25) is 0 Å². The maximum absolute atomic E-state index is 5.01. The van der Waals surface area contributed by atoms with E-state index in [0.717, 1.165) is 16.7 Å². The van der Waals surface area contributed by atoms with Gasteiger partial charge in [-0.3, -0.25) is 0 Å². The Morgan fingerprint density at radius 3 is 2.38 bits per heavy atom. The molecule has 1 heterocycles. The van der Waals surface area contributed by atoms with Gasteiger partial charge in [0.15, 0.2) is 0 Å². The van der Waals surface area contributed by atoms with E-state index < -0.39 is 13.0 Å².